The lowest BCUT2D eigenvalue weighted by atomic mass is 10.1. The fourth-order valence-corrected chi connectivity index (χ4v) is 2.94. The van der Waals surface area contributed by atoms with Gasteiger partial charge in [0.2, 0.25) is 0 Å². The third kappa shape index (κ3) is 4.75. The first kappa shape index (κ1) is 21.6. The van der Waals surface area contributed by atoms with Gasteiger partial charge in [0.25, 0.3) is 11.8 Å². The van der Waals surface area contributed by atoms with Gasteiger partial charge in [0.15, 0.2) is 11.5 Å². The fourth-order valence-electron chi connectivity index (χ4n) is 2.94. The second-order valence-electron chi connectivity index (χ2n) is 6.39. The maximum atomic E-state index is 13.0. The van der Waals surface area contributed by atoms with E-state index in [2.05, 4.69) is 11.9 Å². The summed E-state index contributed by atoms with van der Waals surface area (Å²) in [5.74, 6) is 0.0417. The zero-order valence-corrected chi connectivity index (χ0v) is 17.2. The van der Waals surface area contributed by atoms with Crippen molar-refractivity contribution in [2.24, 2.45) is 0 Å². The van der Waals surface area contributed by atoms with Crippen molar-refractivity contribution in [3.05, 3.63) is 66.3 Å². The molecule has 1 aliphatic heterocycles. The summed E-state index contributed by atoms with van der Waals surface area (Å²) in [5, 5.41) is 2.20. The average molecular weight is 422 g/mol. The SMILES string of the molecule is C=CCOc1ccc(/C=C2\C(=O)NC(=O)N(c3ccc(OC)cc3)C2=O)cc1OCC. The van der Waals surface area contributed by atoms with Crippen LogP contribution in [-0.2, 0) is 9.59 Å². The normalized spacial score (nSPS) is 15.0. The molecule has 0 bridgehead atoms. The first-order valence-corrected chi connectivity index (χ1v) is 9.54. The van der Waals surface area contributed by atoms with Crippen LogP contribution in [0.3, 0.4) is 0 Å². The van der Waals surface area contributed by atoms with Gasteiger partial charge in [-0.25, -0.2) is 9.69 Å². The second kappa shape index (κ2) is 9.62. The van der Waals surface area contributed by atoms with E-state index in [0.717, 1.165) is 4.90 Å². The molecule has 0 spiro atoms. The Labute approximate surface area is 179 Å². The summed E-state index contributed by atoms with van der Waals surface area (Å²) in [4.78, 5) is 38.6. The van der Waals surface area contributed by atoms with Crippen molar-refractivity contribution in [1.29, 1.82) is 0 Å². The van der Waals surface area contributed by atoms with E-state index in [1.165, 1.54) is 13.2 Å². The van der Waals surface area contributed by atoms with E-state index in [1.54, 1.807) is 48.5 Å². The first-order chi connectivity index (χ1) is 15.0. The van der Waals surface area contributed by atoms with Crippen LogP contribution in [0.25, 0.3) is 6.08 Å². The van der Waals surface area contributed by atoms with E-state index in [1.807, 2.05) is 6.92 Å². The van der Waals surface area contributed by atoms with Crippen LogP contribution in [0, 0.1) is 0 Å². The molecule has 8 nitrogen and oxygen atoms in total. The van der Waals surface area contributed by atoms with Crippen LogP contribution in [0.1, 0.15) is 12.5 Å². The van der Waals surface area contributed by atoms with Gasteiger partial charge in [-0.3, -0.25) is 14.9 Å². The van der Waals surface area contributed by atoms with Crippen molar-refractivity contribution in [3.8, 4) is 17.2 Å². The Kier molecular flexibility index (Phi) is 6.71. The van der Waals surface area contributed by atoms with Crippen molar-refractivity contribution < 1.29 is 28.6 Å². The first-order valence-electron chi connectivity index (χ1n) is 9.54. The molecule has 8 heteroatoms. The standard InChI is InChI=1S/C23H22N2O6/c1-4-12-31-19-11-6-15(14-20(19)30-5-2)13-18-21(26)24-23(28)25(22(18)27)16-7-9-17(29-3)10-8-16/h4,6-11,13-14H,1,5,12H2,2-3H3,(H,24,26,28)/b18-13+. The Morgan fingerprint density at radius 2 is 1.77 bits per heavy atom. The molecule has 0 saturated carbocycles. The Balaban J connectivity index is 1.95. The van der Waals surface area contributed by atoms with Crippen molar-refractivity contribution in [2.45, 2.75) is 6.92 Å². The zero-order valence-electron chi connectivity index (χ0n) is 17.2. The third-order valence-corrected chi connectivity index (χ3v) is 4.37. The van der Waals surface area contributed by atoms with Crippen molar-refractivity contribution in [1.82, 2.24) is 5.32 Å². The number of ether oxygens (including phenoxy) is 3. The summed E-state index contributed by atoms with van der Waals surface area (Å²) in [6.45, 7) is 6.16. The summed E-state index contributed by atoms with van der Waals surface area (Å²) < 4.78 is 16.3. The topological polar surface area (TPSA) is 94.2 Å². The molecule has 0 aromatic heterocycles. The molecular formula is C23H22N2O6. The van der Waals surface area contributed by atoms with Gasteiger partial charge >= 0.3 is 6.03 Å². The van der Waals surface area contributed by atoms with Crippen LogP contribution >= 0.6 is 0 Å². The third-order valence-electron chi connectivity index (χ3n) is 4.37. The Morgan fingerprint density at radius 1 is 1.03 bits per heavy atom. The van der Waals surface area contributed by atoms with Gasteiger partial charge < -0.3 is 14.2 Å². The molecule has 4 amide bonds. The van der Waals surface area contributed by atoms with Gasteiger partial charge in [-0.1, -0.05) is 18.7 Å². The average Bonchev–Trinajstić information content (AvgIpc) is 2.76. The van der Waals surface area contributed by atoms with E-state index in [-0.39, 0.29) is 5.57 Å². The van der Waals surface area contributed by atoms with Crippen molar-refractivity contribution in [2.75, 3.05) is 25.2 Å². The molecular weight excluding hydrogens is 400 g/mol. The number of carbonyl (C=O) groups is 3. The van der Waals surface area contributed by atoms with Gasteiger partial charge in [-0.15, -0.1) is 0 Å². The lowest BCUT2D eigenvalue weighted by molar-refractivity contribution is -0.122. The van der Waals surface area contributed by atoms with Crippen LogP contribution in [0.4, 0.5) is 10.5 Å². The summed E-state index contributed by atoms with van der Waals surface area (Å²) in [5.41, 5.74) is 0.666. The number of imide groups is 2. The minimum absolute atomic E-state index is 0.183. The number of rotatable bonds is 8. The number of hydrogen-bond donors (Lipinski definition) is 1. The molecule has 1 saturated heterocycles. The van der Waals surface area contributed by atoms with Gasteiger partial charge in [0.1, 0.15) is 17.9 Å². The second-order valence-corrected chi connectivity index (χ2v) is 6.39. The fraction of sp³-hybridized carbons (Fsp3) is 0.174. The maximum Gasteiger partial charge on any atom is 0.335 e. The van der Waals surface area contributed by atoms with Crippen LogP contribution < -0.4 is 24.4 Å². The lowest BCUT2D eigenvalue weighted by Crippen LogP contribution is -2.54. The molecule has 1 fully saturated rings. The number of nitrogens with zero attached hydrogens (tertiary/aromatic N) is 1. The van der Waals surface area contributed by atoms with E-state index in [0.29, 0.717) is 41.7 Å². The molecule has 31 heavy (non-hydrogen) atoms. The highest BCUT2D eigenvalue weighted by Crippen LogP contribution is 2.30. The molecule has 0 aliphatic carbocycles. The van der Waals surface area contributed by atoms with Crippen molar-refractivity contribution in [3.63, 3.8) is 0 Å². The van der Waals surface area contributed by atoms with Gasteiger partial charge in [0, 0.05) is 0 Å². The predicted molar refractivity (Wildman–Crippen MR) is 115 cm³/mol. The maximum absolute atomic E-state index is 13.0. The van der Waals surface area contributed by atoms with E-state index in [9.17, 15) is 14.4 Å². The van der Waals surface area contributed by atoms with Gasteiger partial charge in [0.05, 0.1) is 19.4 Å². The van der Waals surface area contributed by atoms with Crippen LogP contribution in [0.5, 0.6) is 17.2 Å². The molecule has 1 heterocycles. The monoisotopic (exact) mass is 422 g/mol. The highest BCUT2D eigenvalue weighted by Gasteiger charge is 2.36. The minimum atomic E-state index is -0.819. The largest absolute Gasteiger partial charge is 0.497 e. The van der Waals surface area contributed by atoms with E-state index >= 15 is 0 Å². The number of hydrogen-bond acceptors (Lipinski definition) is 6. The Hall–Kier alpha value is -4.07. The molecule has 160 valence electrons. The van der Waals surface area contributed by atoms with Crippen LogP contribution in [-0.4, -0.2) is 38.2 Å². The zero-order chi connectivity index (χ0) is 22.4. The van der Waals surface area contributed by atoms with Gasteiger partial charge in [-0.2, -0.15) is 0 Å². The number of urea groups is 1. The predicted octanol–water partition coefficient (Wildman–Crippen LogP) is 3.33. The minimum Gasteiger partial charge on any atom is -0.497 e. The van der Waals surface area contributed by atoms with E-state index < -0.39 is 17.8 Å². The molecule has 3 rings (SSSR count). The van der Waals surface area contributed by atoms with Crippen LogP contribution in [0.15, 0.2) is 60.7 Å². The lowest BCUT2D eigenvalue weighted by Gasteiger charge is -2.26. The summed E-state index contributed by atoms with van der Waals surface area (Å²) in [7, 11) is 1.51. The molecule has 2 aromatic carbocycles. The van der Waals surface area contributed by atoms with Crippen molar-refractivity contribution >= 4 is 29.6 Å². The summed E-state index contributed by atoms with van der Waals surface area (Å²) in [6, 6.07) is 10.6. The van der Waals surface area contributed by atoms with E-state index in [4.69, 9.17) is 14.2 Å². The molecule has 0 unspecified atom stereocenters. The smallest absolute Gasteiger partial charge is 0.335 e. The number of carbonyl (C=O) groups excluding carboxylic acids is 3. The molecule has 1 N–H and O–H groups in total. The quantitative estimate of drug-likeness (QED) is 0.398. The number of benzene rings is 2. The Morgan fingerprint density at radius 3 is 2.42 bits per heavy atom. The molecule has 1 aliphatic rings. The molecule has 0 radical (unpaired) electrons. The molecule has 2 aromatic rings. The summed E-state index contributed by atoms with van der Waals surface area (Å²) in [6.07, 6.45) is 3.02. The number of anilines is 1. The number of methoxy groups -OCH3 is 1. The van der Waals surface area contributed by atoms with Gasteiger partial charge in [-0.05, 0) is 55.0 Å². The number of barbiturate groups is 1. The summed E-state index contributed by atoms with van der Waals surface area (Å²) >= 11 is 0. The highest BCUT2D eigenvalue weighted by atomic mass is 16.5. The number of nitrogens with one attached hydrogen (secondary N) is 1. The molecule has 0 atom stereocenters. The number of amides is 4. The van der Waals surface area contributed by atoms with Crippen LogP contribution in [0.2, 0.25) is 0 Å². The Bertz CT molecular complexity index is 1040. The highest BCUT2D eigenvalue weighted by molar-refractivity contribution is 6.39.